The van der Waals surface area contributed by atoms with Crippen LogP contribution < -0.4 is 10.6 Å². The van der Waals surface area contributed by atoms with Gasteiger partial charge in [0.25, 0.3) is 11.8 Å². The summed E-state index contributed by atoms with van der Waals surface area (Å²) in [5.74, 6) is -0.682. The van der Waals surface area contributed by atoms with Gasteiger partial charge in [-0.15, -0.1) is 5.11 Å². The number of amides is 2. The summed E-state index contributed by atoms with van der Waals surface area (Å²) in [7, 11) is 0. The van der Waals surface area contributed by atoms with E-state index in [1.54, 1.807) is 24.3 Å². The van der Waals surface area contributed by atoms with Crippen molar-refractivity contribution in [3.8, 4) is 0 Å². The molecule has 0 radical (unpaired) electrons. The van der Waals surface area contributed by atoms with Gasteiger partial charge in [-0.2, -0.15) is 5.11 Å². The molecule has 0 fully saturated rings. The molecule has 164 valence electrons. The number of rotatable bonds is 8. The van der Waals surface area contributed by atoms with Crippen LogP contribution in [-0.2, 0) is 0 Å². The zero-order valence-electron chi connectivity index (χ0n) is 17.9. The van der Waals surface area contributed by atoms with E-state index in [0.29, 0.717) is 39.8 Å². The molecule has 0 atom stereocenters. The highest BCUT2D eigenvalue weighted by Gasteiger charge is 2.32. The highest BCUT2D eigenvalue weighted by Crippen LogP contribution is 2.36. The predicted octanol–water partition coefficient (Wildman–Crippen LogP) is 3.63. The maximum Gasteiger partial charge on any atom is 0.261 e. The van der Waals surface area contributed by atoms with Crippen LogP contribution in [0.4, 0.5) is 17.1 Å². The Hall–Kier alpha value is -3.62. The van der Waals surface area contributed by atoms with Crippen LogP contribution in [0, 0.1) is 0 Å². The largest absolute Gasteiger partial charge is 0.395 e. The SMILES string of the molecule is CCN(CCO)c1ccc(N=Nc2ccc3c4c(cccc24)C(=O)N(CCN)C3=O)cc1. The molecule has 3 aromatic rings. The smallest absolute Gasteiger partial charge is 0.261 e. The Morgan fingerprint density at radius 1 is 0.969 bits per heavy atom. The molecule has 32 heavy (non-hydrogen) atoms. The first kappa shape index (κ1) is 21.6. The summed E-state index contributed by atoms with van der Waals surface area (Å²) in [6.07, 6.45) is 0. The third-order valence-electron chi connectivity index (χ3n) is 5.56. The van der Waals surface area contributed by atoms with Gasteiger partial charge in [-0.25, -0.2) is 0 Å². The lowest BCUT2D eigenvalue weighted by Gasteiger charge is -2.26. The molecule has 3 N–H and O–H groups in total. The Morgan fingerprint density at radius 3 is 2.34 bits per heavy atom. The van der Waals surface area contributed by atoms with E-state index >= 15 is 0 Å². The molecule has 1 aliphatic heterocycles. The van der Waals surface area contributed by atoms with E-state index in [2.05, 4.69) is 15.1 Å². The predicted molar refractivity (Wildman–Crippen MR) is 124 cm³/mol. The molecule has 0 aromatic heterocycles. The normalized spacial score (nSPS) is 13.4. The van der Waals surface area contributed by atoms with E-state index in [0.717, 1.165) is 12.2 Å². The first-order chi connectivity index (χ1) is 15.6. The number of anilines is 1. The van der Waals surface area contributed by atoms with Crippen LogP contribution in [0.3, 0.4) is 0 Å². The fraction of sp³-hybridized carbons (Fsp3) is 0.250. The van der Waals surface area contributed by atoms with Gasteiger partial charge in [-0.1, -0.05) is 12.1 Å². The molecule has 1 aliphatic rings. The van der Waals surface area contributed by atoms with Gasteiger partial charge in [0, 0.05) is 53.8 Å². The van der Waals surface area contributed by atoms with Crippen LogP contribution in [-0.4, -0.2) is 54.6 Å². The monoisotopic (exact) mass is 431 g/mol. The van der Waals surface area contributed by atoms with E-state index in [1.165, 1.54) is 4.90 Å². The number of carbonyl (C=O) groups excluding carboxylic acids is 2. The molecule has 8 nitrogen and oxygen atoms in total. The number of nitrogens with two attached hydrogens (primary N) is 1. The van der Waals surface area contributed by atoms with Gasteiger partial charge in [-0.05, 0) is 49.4 Å². The second-order valence-electron chi connectivity index (χ2n) is 7.43. The third-order valence-corrected chi connectivity index (χ3v) is 5.56. The van der Waals surface area contributed by atoms with Crippen molar-refractivity contribution in [1.82, 2.24) is 4.90 Å². The molecule has 0 spiro atoms. The minimum absolute atomic E-state index is 0.0926. The third kappa shape index (κ3) is 3.86. The lowest BCUT2D eigenvalue weighted by molar-refractivity contribution is 0.0615. The van der Waals surface area contributed by atoms with Crippen molar-refractivity contribution in [2.24, 2.45) is 16.0 Å². The number of likely N-dealkylation sites (N-methyl/N-ethyl adjacent to an activating group) is 1. The summed E-state index contributed by atoms with van der Waals surface area (Å²) in [5, 5.41) is 19.2. The first-order valence-electron chi connectivity index (χ1n) is 10.6. The van der Waals surface area contributed by atoms with E-state index in [9.17, 15) is 14.7 Å². The minimum Gasteiger partial charge on any atom is -0.395 e. The highest BCUT2D eigenvalue weighted by atomic mass is 16.3. The summed E-state index contributed by atoms with van der Waals surface area (Å²) < 4.78 is 0. The second-order valence-corrected chi connectivity index (χ2v) is 7.43. The molecule has 8 heteroatoms. The number of aliphatic hydroxyl groups is 1. The van der Waals surface area contributed by atoms with Crippen LogP contribution >= 0.6 is 0 Å². The number of imide groups is 1. The van der Waals surface area contributed by atoms with Crippen molar-refractivity contribution >= 4 is 39.6 Å². The van der Waals surface area contributed by atoms with Gasteiger partial charge in [-0.3, -0.25) is 14.5 Å². The molecule has 2 amide bonds. The Morgan fingerprint density at radius 2 is 1.69 bits per heavy atom. The number of aliphatic hydroxyl groups excluding tert-OH is 1. The second kappa shape index (κ2) is 9.25. The number of hydrogen-bond donors (Lipinski definition) is 2. The molecule has 0 bridgehead atoms. The molecular formula is C24H25N5O3. The highest BCUT2D eigenvalue weighted by molar-refractivity contribution is 6.26. The summed E-state index contributed by atoms with van der Waals surface area (Å²) in [6.45, 7) is 3.88. The fourth-order valence-corrected chi connectivity index (χ4v) is 3.98. The molecular weight excluding hydrogens is 406 g/mol. The van der Waals surface area contributed by atoms with Crippen molar-refractivity contribution < 1.29 is 14.7 Å². The lowest BCUT2D eigenvalue weighted by Crippen LogP contribution is -2.43. The van der Waals surface area contributed by atoms with E-state index in [4.69, 9.17) is 5.73 Å². The fourth-order valence-electron chi connectivity index (χ4n) is 3.98. The van der Waals surface area contributed by atoms with E-state index in [1.807, 2.05) is 37.3 Å². The molecule has 4 rings (SSSR count). The molecule has 0 saturated carbocycles. The number of benzene rings is 3. The standard InChI is InChI=1S/C24H25N5O3/c1-2-28(14-15-30)17-8-6-16(7-9-17)26-27-21-11-10-20-22-18(21)4-3-5-19(22)23(31)29(13-12-25)24(20)32/h3-11,30H,2,12-15,25H2,1H3. The number of carbonyl (C=O) groups is 2. The Bertz CT molecular complexity index is 1170. The van der Waals surface area contributed by atoms with E-state index in [-0.39, 0.29) is 31.5 Å². The average molecular weight is 431 g/mol. The van der Waals surface area contributed by atoms with Crippen molar-refractivity contribution in [2.45, 2.75) is 6.92 Å². The summed E-state index contributed by atoms with van der Waals surface area (Å²) in [4.78, 5) is 28.9. The number of azo groups is 1. The number of hydrogen-bond acceptors (Lipinski definition) is 7. The topological polar surface area (TPSA) is 112 Å². The van der Waals surface area contributed by atoms with Crippen molar-refractivity contribution in [1.29, 1.82) is 0 Å². The first-order valence-corrected chi connectivity index (χ1v) is 10.6. The lowest BCUT2D eigenvalue weighted by atomic mass is 9.93. The molecule has 0 saturated heterocycles. The molecule has 0 aliphatic carbocycles. The van der Waals surface area contributed by atoms with Crippen LogP contribution in [0.1, 0.15) is 27.6 Å². The van der Waals surface area contributed by atoms with Crippen LogP contribution in [0.5, 0.6) is 0 Å². The van der Waals surface area contributed by atoms with Crippen LogP contribution in [0.15, 0.2) is 64.8 Å². The average Bonchev–Trinajstić information content (AvgIpc) is 2.83. The Balaban J connectivity index is 1.67. The maximum absolute atomic E-state index is 12.8. The van der Waals surface area contributed by atoms with Crippen molar-refractivity contribution in [3.05, 3.63) is 65.7 Å². The summed E-state index contributed by atoms with van der Waals surface area (Å²) in [5.41, 5.74) is 8.78. The summed E-state index contributed by atoms with van der Waals surface area (Å²) >= 11 is 0. The Labute approximate surface area is 186 Å². The molecule has 1 heterocycles. The zero-order chi connectivity index (χ0) is 22.7. The van der Waals surface area contributed by atoms with Gasteiger partial charge in [0.1, 0.15) is 0 Å². The molecule has 3 aromatic carbocycles. The van der Waals surface area contributed by atoms with Gasteiger partial charge < -0.3 is 15.7 Å². The van der Waals surface area contributed by atoms with Crippen LogP contribution in [0.2, 0.25) is 0 Å². The minimum atomic E-state index is -0.341. The van der Waals surface area contributed by atoms with Crippen LogP contribution in [0.25, 0.3) is 10.8 Å². The van der Waals surface area contributed by atoms with E-state index < -0.39 is 0 Å². The summed E-state index contributed by atoms with van der Waals surface area (Å²) in [6, 6.07) is 16.4. The van der Waals surface area contributed by atoms with Crippen molar-refractivity contribution in [3.63, 3.8) is 0 Å². The quantitative estimate of drug-likeness (QED) is 0.418. The number of nitrogens with zero attached hydrogens (tertiary/aromatic N) is 4. The van der Waals surface area contributed by atoms with Crippen molar-refractivity contribution in [2.75, 3.05) is 37.7 Å². The zero-order valence-corrected chi connectivity index (χ0v) is 17.9. The molecule has 0 unspecified atom stereocenters. The Kier molecular flexibility index (Phi) is 6.25. The van der Waals surface area contributed by atoms with Gasteiger partial charge in [0.2, 0.25) is 0 Å². The van der Waals surface area contributed by atoms with Gasteiger partial charge in [0.05, 0.1) is 18.0 Å². The van der Waals surface area contributed by atoms with Gasteiger partial charge >= 0.3 is 0 Å². The van der Waals surface area contributed by atoms with Gasteiger partial charge in [0.15, 0.2) is 0 Å². The maximum atomic E-state index is 12.8.